The largest absolute Gasteiger partial charge is 0.416 e. The van der Waals surface area contributed by atoms with Crippen LogP contribution in [0.15, 0.2) is 46.9 Å². The lowest BCUT2D eigenvalue weighted by Crippen LogP contribution is -2.12. The number of amides is 1. The molecule has 0 radical (unpaired) electrons. The summed E-state index contributed by atoms with van der Waals surface area (Å²) < 4.78 is 37.9. The Labute approximate surface area is 132 Å². The van der Waals surface area contributed by atoms with Gasteiger partial charge < -0.3 is 5.32 Å². The van der Waals surface area contributed by atoms with E-state index in [0.717, 1.165) is 12.1 Å². The van der Waals surface area contributed by atoms with E-state index < -0.39 is 17.6 Å². The Bertz CT molecular complexity index is 651. The number of carbonyl (C=O) groups excluding carboxylic acids is 1. The highest BCUT2D eigenvalue weighted by Gasteiger charge is 2.29. The summed E-state index contributed by atoms with van der Waals surface area (Å²) in [7, 11) is 0. The highest BCUT2D eigenvalue weighted by molar-refractivity contribution is 9.10. The van der Waals surface area contributed by atoms with Crippen molar-refractivity contribution in [1.29, 1.82) is 0 Å². The SMILES string of the molecule is O=C(Nc1ccc(C(F)(F)F)cc1)c1cc(Cl)cc(Br)c1. The second-order valence-corrected chi connectivity index (χ2v) is 5.54. The molecule has 0 unspecified atom stereocenters. The highest BCUT2D eigenvalue weighted by atomic mass is 79.9. The minimum Gasteiger partial charge on any atom is -0.322 e. The molecule has 0 aliphatic heterocycles. The molecule has 2 rings (SSSR count). The van der Waals surface area contributed by atoms with Gasteiger partial charge >= 0.3 is 6.18 Å². The van der Waals surface area contributed by atoms with Crippen LogP contribution in [0.3, 0.4) is 0 Å². The maximum atomic E-state index is 12.4. The van der Waals surface area contributed by atoms with Crippen molar-refractivity contribution in [1.82, 2.24) is 0 Å². The van der Waals surface area contributed by atoms with E-state index in [-0.39, 0.29) is 5.69 Å². The first kappa shape index (κ1) is 15.9. The van der Waals surface area contributed by atoms with Gasteiger partial charge in [-0.15, -0.1) is 0 Å². The molecule has 110 valence electrons. The van der Waals surface area contributed by atoms with Gasteiger partial charge in [-0.1, -0.05) is 27.5 Å². The van der Waals surface area contributed by atoms with Crippen molar-refractivity contribution in [3.05, 3.63) is 63.1 Å². The molecule has 21 heavy (non-hydrogen) atoms. The van der Waals surface area contributed by atoms with E-state index in [9.17, 15) is 18.0 Å². The number of anilines is 1. The molecule has 0 heterocycles. The second-order valence-electron chi connectivity index (χ2n) is 4.19. The molecule has 0 bridgehead atoms. The van der Waals surface area contributed by atoms with E-state index in [1.54, 1.807) is 12.1 Å². The van der Waals surface area contributed by atoms with Crippen LogP contribution < -0.4 is 5.32 Å². The number of nitrogens with one attached hydrogen (secondary N) is 1. The molecule has 0 saturated carbocycles. The fraction of sp³-hybridized carbons (Fsp3) is 0.0714. The van der Waals surface area contributed by atoms with Crippen LogP contribution in [0, 0.1) is 0 Å². The van der Waals surface area contributed by atoms with Gasteiger partial charge in [0.25, 0.3) is 5.91 Å². The van der Waals surface area contributed by atoms with Gasteiger partial charge in [0.2, 0.25) is 0 Å². The van der Waals surface area contributed by atoms with Crippen molar-refractivity contribution < 1.29 is 18.0 Å². The number of hydrogen-bond acceptors (Lipinski definition) is 1. The van der Waals surface area contributed by atoms with Crippen LogP contribution in [-0.2, 0) is 6.18 Å². The second kappa shape index (κ2) is 6.07. The smallest absolute Gasteiger partial charge is 0.322 e. The summed E-state index contributed by atoms with van der Waals surface area (Å²) >= 11 is 9.04. The van der Waals surface area contributed by atoms with Crippen molar-refractivity contribution in [2.45, 2.75) is 6.18 Å². The lowest BCUT2D eigenvalue weighted by atomic mass is 10.2. The van der Waals surface area contributed by atoms with Crippen molar-refractivity contribution in [3.8, 4) is 0 Å². The Kier molecular flexibility index (Phi) is 4.58. The lowest BCUT2D eigenvalue weighted by molar-refractivity contribution is -0.137. The normalized spacial score (nSPS) is 11.3. The summed E-state index contributed by atoms with van der Waals surface area (Å²) in [6.07, 6.45) is -4.40. The zero-order valence-electron chi connectivity index (χ0n) is 10.3. The number of carbonyl (C=O) groups is 1. The van der Waals surface area contributed by atoms with Gasteiger partial charge in [-0.25, -0.2) is 0 Å². The molecule has 0 aliphatic rings. The number of hydrogen-bond donors (Lipinski definition) is 1. The average molecular weight is 379 g/mol. The van der Waals surface area contributed by atoms with Crippen LogP contribution in [0.4, 0.5) is 18.9 Å². The molecule has 7 heteroatoms. The fourth-order valence-corrected chi connectivity index (χ4v) is 2.49. The molecule has 2 aromatic carbocycles. The minimum absolute atomic E-state index is 0.268. The molecule has 1 amide bonds. The third-order valence-corrected chi connectivity index (χ3v) is 3.27. The molecule has 2 aromatic rings. The zero-order valence-corrected chi connectivity index (χ0v) is 12.7. The molecular formula is C14H8BrClF3NO. The highest BCUT2D eigenvalue weighted by Crippen LogP contribution is 2.30. The molecule has 1 N–H and O–H groups in total. The van der Waals surface area contributed by atoms with Crippen LogP contribution >= 0.6 is 27.5 Å². The summed E-state index contributed by atoms with van der Waals surface area (Å²) in [4.78, 5) is 12.0. The fourth-order valence-electron chi connectivity index (χ4n) is 1.63. The first-order chi connectivity index (χ1) is 9.75. The third kappa shape index (κ3) is 4.22. The third-order valence-electron chi connectivity index (χ3n) is 2.59. The maximum Gasteiger partial charge on any atom is 0.416 e. The number of benzene rings is 2. The van der Waals surface area contributed by atoms with Gasteiger partial charge in [0.15, 0.2) is 0 Å². The van der Waals surface area contributed by atoms with E-state index in [0.29, 0.717) is 15.1 Å². The Morgan fingerprint density at radius 2 is 1.71 bits per heavy atom. The van der Waals surface area contributed by atoms with E-state index in [1.165, 1.54) is 18.2 Å². The van der Waals surface area contributed by atoms with Crippen LogP contribution in [0.2, 0.25) is 5.02 Å². The summed E-state index contributed by atoms with van der Waals surface area (Å²) in [5.74, 6) is -0.460. The Balaban J connectivity index is 2.16. The lowest BCUT2D eigenvalue weighted by Gasteiger charge is -2.09. The number of halogens is 5. The molecule has 0 atom stereocenters. The van der Waals surface area contributed by atoms with Gasteiger partial charge in [-0.2, -0.15) is 13.2 Å². The van der Waals surface area contributed by atoms with E-state index in [1.807, 2.05) is 0 Å². The summed E-state index contributed by atoms with van der Waals surface area (Å²) in [6.45, 7) is 0. The van der Waals surface area contributed by atoms with Crippen molar-refractivity contribution in [3.63, 3.8) is 0 Å². The Hall–Kier alpha value is -1.53. The van der Waals surface area contributed by atoms with E-state index in [2.05, 4.69) is 21.2 Å². The van der Waals surface area contributed by atoms with Gasteiger partial charge in [-0.05, 0) is 42.5 Å². The van der Waals surface area contributed by atoms with Crippen LogP contribution in [0.1, 0.15) is 15.9 Å². The molecule has 0 aliphatic carbocycles. The van der Waals surface area contributed by atoms with Crippen molar-refractivity contribution in [2.75, 3.05) is 5.32 Å². The van der Waals surface area contributed by atoms with Crippen LogP contribution in [0.5, 0.6) is 0 Å². The first-order valence-corrected chi connectivity index (χ1v) is 6.87. The predicted molar refractivity (Wildman–Crippen MR) is 78.5 cm³/mol. The van der Waals surface area contributed by atoms with Gasteiger partial charge in [0, 0.05) is 20.7 Å². The molecule has 0 spiro atoms. The molecule has 2 nitrogen and oxygen atoms in total. The topological polar surface area (TPSA) is 29.1 Å². The zero-order chi connectivity index (χ0) is 15.6. The number of alkyl halides is 3. The van der Waals surface area contributed by atoms with Gasteiger partial charge in [0.05, 0.1) is 5.56 Å². The van der Waals surface area contributed by atoms with Gasteiger partial charge in [0.1, 0.15) is 0 Å². The van der Waals surface area contributed by atoms with Crippen molar-refractivity contribution >= 4 is 39.1 Å². The standard InChI is InChI=1S/C14H8BrClF3NO/c15-10-5-8(6-11(16)7-10)13(21)20-12-3-1-9(2-4-12)14(17,18)19/h1-7H,(H,20,21). The Morgan fingerprint density at radius 1 is 1.10 bits per heavy atom. The van der Waals surface area contributed by atoms with Crippen LogP contribution in [0.25, 0.3) is 0 Å². The molecular weight excluding hydrogens is 371 g/mol. The minimum atomic E-state index is -4.40. The molecule has 0 aromatic heterocycles. The van der Waals surface area contributed by atoms with Crippen molar-refractivity contribution in [2.24, 2.45) is 0 Å². The van der Waals surface area contributed by atoms with Gasteiger partial charge in [-0.3, -0.25) is 4.79 Å². The molecule has 0 fully saturated rings. The average Bonchev–Trinajstić information content (AvgIpc) is 2.37. The summed E-state index contributed by atoms with van der Waals surface area (Å²) in [6, 6.07) is 8.85. The Morgan fingerprint density at radius 3 is 2.24 bits per heavy atom. The first-order valence-electron chi connectivity index (χ1n) is 5.70. The predicted octanol–water partition coefficient (Wildman–Crippen LogP) is 5.37. The quantitative estimate of drug-likeness (QED) is 0.747. The van der Waals surface area contributed by atoms with Crippen LogP contribution in [-0.4, -0.2) is 5.91 Å². The number of rotatable bonds is 2. The summed E-state index contributed by atoms with van der Waals surface area (Å²) in [5, 5.41) is 2.88. The maximum absolute atomic E-state index is 12.4. The van der Waals surface area contributed by atoms with E-state index >= 15 is 0 Å². The monoisotopic (exact) mass is 377 g/mol. The molecule has 0 saturated heterocycles. The summed E-state index contributed by atoms with van der Waals surface area (Å²) in [5.41, 5.74) is -0.204. The van der Waals surface area contributed by atoms with E-state index in [4.69, 9.17) is 11.6 Å².